The Balaban J connectivity index is 1.57. The van der Waals surface area contributed by atoms with Crippen LogP contribution in [0.3, 0.4) is 0 Å². The van der Waals surface area contributed by atoms with Gasteiger partial charge in [0.1, 0.15) is 12.4 Å². The minimum atomic E-state index is -0.355. The van der Waals surface area contributed by atoms with E-state index < -0.39 is 0 Å². The van der Waals surface area contributed by atoms with Crippen LogP contribution in [-0.4, -0.2) is 39.7 Å². The maximum Gasteiger partial charge on any atom is 0.322 e. The Kier molecular flexibility index (Phi) is 9.44. The number of amides is 3. The fourth-order valence-corrected chi connectivity index (χ4v) is 4.45. The molecule has 0 radical (unpaired) electrons. The first kappa shape index (κ1) is 27.7. The van der Waals surface area contributed by atoms with Crippen LogP contribution in [0.2, 0.25) is 10.0 Å². The summed E-state index contributed by atoms with van der Waals surface area (Å²) in [4.78, 5) is 27.8. The molecule has 1 aromatic heterocycles. The summed E-state index contributed by atoms with van der Waals surface area (Å²) in [5, 5.41) is 11.3. The second-order valence-corrected chi connectivity index (χ2v) is 10.3. The van der Waals surface area contributed by atoms with Crippen LogP contribution in [-0.2, 0) is 4.79 Å². The van der Waals surface area contributed by atoms with E-state index in [2.05, 4.69) is 26.6 Å². The lowest BCUT2D eigenvalue weighted by molar-refractivity contribution is -0.116. The van der Waals surface area contributed by atoms with Crippen LogP contribution in [0.5, 0.6) is 0 Å². The minimum absolute atomic E-state index is 0.132. The molecule has 3 aromatic carbocycles. The highest BCUT2D eigenvalue weighted by Crippen LogP contribution is 2.29. The number of carbonyl (C=O) groups excluding carboxylic acids is 2. The number of rotatable bonds is 9. The van der Waals surface area contributed by atoms with E-state index in [1.165, 1.54) is 4.90 Å². The van der Waals surface area contributed by atoms with E-state index in [0.717, 1.165) is 22.9 Å². The van der Waals surface area contributed by atoms with E-state index in [-0.39, 0.29) is 18.5 Å². The molecule has 3 amide bonds. The van der Waals surface area contributed by atoms with Gasteiger partial charge in [0.15, 0.2) is 0 Å². The summed E-state index contributed by atoms with van der Waals surface area (Å²) in [5.41, 5.74) is 2.82. The van der Waals surface area contributed by atoms with Crippen LogP contribution in [0, 0.1) is 0 Å². The van der Waals surface area contributed by atoms with Crippen LogP contribution in [0.1, 0.15) is 19.8 Å². The topological polar surface area (TPSA) is 79.3 Å². The maximum absolute atomic E-state index is 13.2. The zero-order valence-electron chi connectivity index (χ0n) is 20.6. The van der Waals surface area contributed by atoms with Gasteiger partial charge in [0.05, 0.1) is 21.4 Å². The second kappa shape index (κ2) is 13.0. The largest absolute Gasteiger partial charge is 0.322 e. The van der Waals surface area contributed by atoms with Crippen molar-refractivity contribution in [3.63, 3.8) is 0 Å². The fraction of sp³-hybridized carbons (Fsp3) is 0.179. The minimum Gasteiger partial charge on any atom is -0.315 e. The molecule has 1 heterocycles. The van der Waals surface area contributed by atoms with Gasteiger partial charge in [-0.25, -0.2) is 9.48 Å². The molecule has 0 fully saturated rings. The predicted molar refractivity (Wildman–Crippen MR) is 157 cm³/mol. The number of nitrogens with zero attached hydrogens (tertiary/aromatic N) is 3. The smallest absolute Gasteiger partial charge is 0.315 e. The molecule has 0 atom stereocenters. The van der Waals surface area contributed by atoms with Crippen LogP contribution in [0.15, 0.2) is 83.3 Å². The van der Waals surface area contributed by atoms with Crippen LogP contribution < -0.4 is 10.6 Å². The molecule has 0 aliphatic carbocycles. The quantitative estimate of drug-likeness (QED) is 0.201. The van der Waals surface area contributed by atoms with E-state index >= 15 is 0 Å². The molecule has 0 saturated heterocycles. The third-order valence-corrected chi connectivity index (χ3v) is 6.91. The van der Waals surface area contributed by atoms with E-state index in [1.54, 1.807) is 41.1 Å². The molecule has 196 valence electrons. The zero-order chi connectivity index (χ0) is 27.1. The lowest BCUT2D eigenvalue weighted by Crippen LogP contribution is -2.41. The Labute approximate surface area is 239 Å². The van der Waals surface area contributed by atoms with Gasteiger partial charge in [0, 0.05) is 28.3 Å². The number of hydrogen-bond acceptors (Lipinski definition) is 3. The number of halogens is 3. The first-order valence-corrected chi connectivity index (χ1v) is 13.6. The third-order valence-electron chi connectivity index (χ3n) is 5.67. The summed E-state index contributed by atoms with van der Waals surface area (Å²) < 4.78 is 2.44. The van der Waals surface area contributed by atoms with Crippen LogP contribution in [0.25, 0.3) is 16.9 Å². The van der Waals surface area contributed by atoms with Crippen molar-refractivity contribution >= 4 is 62.6 Å². The molecule has 0 unspecified atom stereocenters. The van der Waals surface area contributed by atoms with Gasteiger partial charge in [-0.3, -0.25) is 4.79 Å². The number of anilines is 2. The van der Waals surface area contributed by atoms with Crippen molar-refractivity contribution < 1.29 is 9.59 Å². The molecule has 0 aliphatic heterocycles. The standard InChI is InChI=1S/C28H26BrCl2N5O2/c1-2-3-14-35(28(38)32-21-11-7-10-20(29)15-21)18-27(37)33-26-17-25(19-8-5-4-6-9-19)34-36(26)22-12-13-23(30)24(31)16-22/h4-13,15-17H,2-3,14,18H2,1H3,(H,32,38)(H,33,37). The van der Waals surface area contributed by atoms with Gasteiger partial charge in [0.25, 0.3) is 0 Å². The Morgan fingerprint density at radius 2 is 1.74 bits per heavy atom. The van der Waals surface area contributed by atoms with Crippen molar-refractivity contribution in [3.8, 4) is 16.9 Å². The number of nitrogens with one attached hydrogen (secondary N) is 2. The first-order chi connectivity index (χ1) is 18.3. The Hall–Kier alpha value is -3.33. The average Bonchev–Trinajstić information content (AvgIpc) is 3.32. The highest BCUT2D eigenvalue weighted by atomic mass is 79.9. The van der Waals surface area contributed by atoms with E-state index in [1.807, 2.05) is 49.4 Å². The number of aromatic nitrogens is 2. The summed E-state index contributed by atoms with van der Waals surface area (Å²) in [5.74, 6) is 0.0846. The SMILES string of the molecule is CCCCN(CC(=O)Nc1cc(-c2ccccc2)nn1-c1ccc(Cl)c(Cl)c1)C(=O)Nc1cccc(Br)c1. The number of hydrogen-bond donors (Lipinski definition) is 2. The van der Waals surface area contributed by atoms with Gasteiger partial charge >= 0.3 is 6.03 Å². The first-order valence-electron chi connectivity index (χ1n) is 12.1. The van der Waals surface area contributed by atoms with Crippen LogP contribution >= 0.6 is 39.1 Å². The lowest BCUT2D eigenvalue weighted by Gasteiger charge is -2.22. The van der Waals surface area contributed by atoms with Crippen LogP contribution in [0.4, 0.5) is 16.3 Å². The highest BCUT2D eigenvalue weighted by Gasteiger charge is 2.20. The molecular formula is C28H26BrCl2N5O2. The Bertz CT molecular complexity index is 1430. The van der Waals surface area contributed by atoms with Crippen molar-refractivity contribution in [1.82, 2.24) is 14.7 Å². The van der Waals surface area contributed by atoms with Crippen molar-refractivity contribution in [1.29, 1.82) is 0 Å². The fourth-order valence-electron chi connectivity index (χ4n) is 3.76. The van der Waals surface area contributed by atoms with Crippen molar-refractivity contribution in [3.05, 3.63) is 93.4 Å². The molecule has 38 heavy (non-hydrogen) atoms. The molecule has 10 heteroatoms. The monoisotopic (exact) mass is 613 g/mol. The predicted octanol–water partition coefficient (Wildman–Crippen LogP) is 7.88. The van der Waals surface area contributed by atoms with Gasteiger partial charge in [-0.1, -0.05) is 88.9 Å². The molecule has 2 N–H and O–H groups in total. The van der Waals surface area contributed by atoms with Gasteiger partial charge in [0.2, 0.25) is 5.91 Å². The summed E-state index contributed by atoms with van der Waals surface area (Å²) in [6.45, 7) is 2.34. The molecule has 4 rings (SSSR count). The third kappa shape index (κ3) is 7.16. The van der Waals surface area contributed by atoms with Gasteiger partial charge in [-0.2, -0.15) is 5.10 Å². The zero-order valence-corrected chi connectivity index (χ0v) is 23.7. The van der Waals surface area contributed by atoms with E-state index in [9.17, 15) is 9.59 Å². The second-order valence-electron chi connectivity index (χ2n) is 8.55. The van der Waals surface area contributed by atoms with Gasteiger partial charge < -0.3 is 15.5 Å². The van der Waals surface area contributed by atoms with Crippen molar-refractivity contribution in [2.24, 2.45) is 0 Å². The lowest BCUT2D eigenvalue weighted by atomic mass is 10.1. The number of urea groups is 1. The summed E-state index contributed by atoms with van der Waals surface area (Å²) in [6, 6.07) is 23.5. The van der Waals surface area contributed by atoms with E-state index in [4.69, 9.17) is 28.3 Å². The highest BCUT2D eigenvalue weighted by molar-refractivity contribution is 9.10. The molecule has 0 bridgehead atoms. The molecule has 0 aliphatic rings. The number of unbranched alkanes of at least 4 members (excludes halogenated alkanes) is 1. The Morgan fingerprint density at radius 1 is 0.947 bits per heavy atom. The normalized spacial score (nSPS) is 10.7. The van der Waals surface area contributed by atoms with Crippen molar-refractivity contribution in [2.45, 2.75) is 19.8 Å². The summed E-state index contributed by atoms with van der Waals surface area (Å²) >= 11 is 15.8. The number of carbonyl (C=O) groups is 2. The van der Waals surface area contributed by atoms with Gasteiger partial charge in [-0.15, -0.1) is 0 Å². The average molecular weight is 615 g/mol. The molecule has 4 aromatic rings. The summed E-state index contributed by atoms with van der Waals surface area (Å²) in [6.07, 6.45) is 1.64. The molecule has 7 nitrogen and oxygen atoms in total. The molecule has 0 spiro atoms. The summed E-state index contributed by atoms with van der Waals surface area (Å²) in [7, 11) is 0. The Morgan fingerprint density at radius 3 is 2.45 bits per heavy atom. The maximum atomic E-state index is 13.2. The van der Waals surface area contributed by atoms with Crippen molar-refractivity contribution in [2.75, 3.05) is 23.7 Å². The van der Waals surface area contributed by atoms with E-state index in [0.29, 0.717) is 39.5 Å². The number of benzene rings is 3. The van der Waals surface area contributed by atoms with Gasteiger partial charge in [-0.05, 0) is 42.8 Å². The molecular weight excluding hydrogens is 589 g/mol. The molecule has 0 saturated carbocycles.